The fourth-order valence-electron chi connectivity index (χ4n) is 2.55. The number of benzene rings is 1. The van der Waals surface area contributed by atoms with Gasteiger partial charge in [-0.05, 0) is 24.6 Å². The number of hydrogen-bond donors (Lipinski definition) is 0. The van der Waals surface area contributed by atoms with Crippen LogP contribution >= 0.6 is 0 Å². The van der Waals surface area contributed by atoms with Gasteiger partial charge in [0.25, 0.3) is 0 Å². The van der Waals surface area contributed by atoms with Crippen molar-refractivity contribution in [3.05, 3.63) is 72.4 Å². The monoisotopic (exact) mass is 319 g/mol. The van der Waals surface area contributed by atoms with Crippen molar-refractivity contribution in [1.29, 1.82) is 0 Å². The van der Waals surface area contributed by atoms with Crippen molar-refractivity contribution in [3.8, 4) is 11.1 Å². The number of pyridine rings is 1. The summed E-state index contributed by atoms with van der Waals surface area (Å²) in [7, 11) is 0. The van der Waals surface area contributed by atoms with Gasteiger partial charge in [0.05, 0.1) is 12.7 Å². The van der Waals surface area contributed by atoms with E-state index in [1.165, 1.54) is 5.56 Å². The number of nitrogens with zero attached hydrogens (tertiary/aromatic N) is 5. The van der Waals surface area contributed by atoms with Crippen LogP contribution in [0.5, 0.6) is 0 Å². The van der Waals surface area contributed by atoms with Gasteiger partial charge < -0.3 is 0 Å². The zero-order chi connectivity index (χ0) is 16.9. The summed E-state index contributed by atoms with van der Waals surface area (Å²) in [6.45, 7) is 6.72. The van der Waals surface area contributed by atoms with Crippen LogP contribution in [0.1, 0.15) is 25.2 Å². The van der Waals surface area contributed by atoms with Crippen LogP contribution in [0.3, 0.4) is 0 Å². The molecule has 0 amide bonds. The molecule has 24 heavy (non-hydrogen) atoms. The zero-order valence-corrected chi connectivity index (χ0v) is 14.2. The van der Waals surface area contributed by atoms with Crippen LogP contribution in [0.2, 0.25) is 0 Å². The molecule has 3 aromatic heterocycles. The SMILES string of the molecule is CC.Cc1nnc2ccc(-c3cnn(Cc4ccccc4)c3)cn12. The molecule has 5 heteroatoms. The minimum absolute atomic E-state index is 0.773. The molecule has 0 fully saturated rings. The maximum absolute atomic E-state index is 4.45. The Hall–Kier alpha value is -2.95. The maximum Gasteiger partial charge on any atom is 0.160 e. The molecular formula is C19H21N5. The Kier molecular flexibility index (Phi) is 4.70. The van der Waals surface area contributed by atoms with E-state index < -0.39 is 0 Å². The largest absolute Gasteiger partial charge is 0.286 e. The van der Waals surface area contributed by atoms with Gasteiger partial charge in [-0.15, -0.1) is 10.2 Å². The highest BCUT2D eigenvalue weighted by molar-refractivity contribution is 5.63. The van der Waals surface area contributed by atoms with Crippen LogP contribution in [0, 0.1) is 6.92 Å². The number of fused-ring (bicyclic) bond motifs is 1. The van der Waals surface area contributed by atoms with E-state index in [0.717, 1.165) is 29.1 Å². The van der Waals surface area contributed by atoms with Gasteiger partial charge in [-0.2, -0.15) is 5.10 Å². The van der Waals surface area contributed by atoms with E-state index >= 15 is 0 Å². The van der Waals surface area contributed by atoms with Crippen molar-refractivity contribution in [2.75, 3.05) is 0 Å². The van der Waals surface area contributed by atoms with Gasteiger partial charge in [0.1, 0.15) is 5.82 Å². The summed E-state index contributed by atoms with van der Waals surface area (Å²) in [4.78, 5) is 0. The molecule has 0 saturated heterocycles. The van der Waals surface area contributed by atoms with Crippen molar-refractivity contribution < 1.29 is 0 Å². The molecule has 5 nitrogen and oxygen atoms in total. The second-order valence-corrected chi connectivity index (χ2v) is 5.31. The standard InChI is InChI=1S/C17H15N5.C2H6/c1-13-19-20-17-8-7-15(12-22(13)17)16-9-18-21(11-16)10-14-5-3-2-4-6-14;1-2/h2-9,11-12H,10H2,1H3;1-2H3. The molecule has 0 aliphatic rings. The third-order valence-electron chi connectivity index (χ3n) is 3.73. The van der Waals surface area contributed by atoms with E-state index in [9.17, 15) is 0 Å². The fraction of sp³-hybridized carbons (Fsp3) is 0.211. The maximum atomic E-state index is 4.45. The number of hydrogen-bond acceptors (Lipinski definition) is 3. The van der Waals surface area contributed by atoms with Crippen molar-refractivity contribution in [1.82, 2.24) is 24.4 Å². The second-order valence-electron chi connectivity index (χ2n) is 5.31. The quantitative estimate of drug-likeness (QED) is 0.574. The summed E-state index contributed by atoms with van der Waals surface area (Å²) < 4.78 is 3.94. The van der Waals surface area contributed by atoms with Crippen LogP contribution in [0.25, 0.3) is 16.8 Å². The molecule has 0 radical (unpaired) electrons. The van der Waals surface area contributed by atoms with Gasteiger partial charge in [-0.25, -0.2) is 0 Å². The molecule has 4 rings (SSSR count). The van der Waals surface area contributed by atoms with Crippen molar-refractivity contribution in [2.24, 2.45) is 0 Å². The van der Waals surface area contributed by atoms with E-state index in [1.54, 1.807) is 0 Å². The minimum atomic E-state index is 0.773. The molecule has 0 N–H and O–H groups in total. The first-order valence-electron chi connectivity index (χ1n) is 8.18. The van der Waals surface area contributed by atoms with Crippen LogP contribution in [0.15, 0.2) is 61.1 Å². The van der Waals surface area contributed by atoms with Crippen molar-refractivity contribution in [3.63, 3.8) is 0 Å². The van der Waals surface area contributed by atoms with Crippen LogP contribution in [-0.4, -0.2) is 24.4 Å². The summed E-state index contributed by atoms with van der Waals surface area (Å²) in [6, 6.07) is 14.3. The molecule has 0 saturated carbocycles. The Morgan fingerprint density at radius 1 is 0.875 bits per heavy atom. The lowest BCUT2D eigenvalue weighted by Crippen LogP contribution is -1.99. The minimum Gasteiger partial charge on any atom is -0.286 e. The van der Waals surface area contributed by atoms with E-state index in [0.29, 0.717) is 0 Å². The summed E-state index contributed by atoms with van der Waals surface area (Å²) in [6.07, 6.45) is 6.01. The Morgan fingerprint density at radius 3 is 2.46 bits per heavy atom. The summed E-state index contributed by atoms with van der Waals surface area (Å²) >= 11 is 0. The Labute approximate surface area is 141 Å². The fourth-order valence-corrected chi connectivity index (χ4v) is 2.55. The topological polar surface area (TPSA) is 48.0 Å². The number of rotatable bonds is 3. The van der Waals surface area contributed by atoms with Gasteiger partial charge in [-0.1, -0.05) is 44.2 Å². The average Bonchev–Trinajstić information content (AvgIpc) is 3.25. The number of aryl methyl sites for hydroxylation is 1. The third-order valence-corrected chi connectivity index (χ3v) is 3.73. The average molecular weight is 319 g/mol. The normalized spacial score (nSPS) is 10.5. The highest BCUT2D eigenvalue weighted by atomic mass is 15.3. The predicted molar refractivity (Wildman–Crippen MR) is 95.8 cm³/mol. The first kappa shape index (κ1) is 15.9. The van der Waals surface area contributed by atoms with Gasteiger partial charge in [0, 0.05) is 23.5 Å². The van der Waals surface area contributed by atoms with Crippen molar-refractivity contribution >= 4 is 5.65 Å². The molecule has 0 unspecified atom stereocenters. The molecule has 4 aromatic rings. The summed E-state index contributed by atoms with van der Waals surface area (Å²) in [5, 5.41) is 12.6. The Balaban J connectivity index is 0.000000815. The molecule has 0 aliphatic carbocycles. The Morgan fingerprint density at radius 2 is 1.67 bits per heavy atom. The lowest BCUT2D eigenvalue weighted by Gasteiger charge is -2.01. The number of aromatic nitrogens is 5. The van der Waals surface area contributed by atoms with Gasteiger partial charge in [0.15, 0.2) is 5.65 Å². The predicted octanol–water partition coefficient (Wildman–Crippen LogP) is 3.98. The van der Waals surface area contributed by atoms with Gasteiger partial charge >= 0.3 is 0 Å². The lowest BCUT2D eigenvalue weighted by atomic mass is 10.1. The first-order chi connectivity index (χ1) is 11.8. The molecule has 1 aromatic carbocycles. The first-order valence-corrected chi connectivity index (χ1v) is 8.18. The molecular weight excluding hydrogens is 298 g/mol. The Bertz CT molecular complexity index is 921. The molecule has 122 valence electrons. The van der Waals surface area contributed by atoms with E-state index in [4.69, 9.17) is 0 Å². The van der Waals surface area contributed by atoms with Gasteiger partial charge in [0.2, 0.25) is 0 Å². The molecule has 0 bridgehead atoms. The van der Waals surface area contributed by atoms with Crippen LogP contribution < -0.4 is 0 Å². The lowest BCUT2D eigenvalue weighted by molar-refractivity contribution is 0.687. The molecule has 0 aliphatic heterocycles. The zero-order valence-electron chi connectivity index (χ0n) is 14.2. The van der Waals surface area contributed by atoms with Crippen molar-refractivity contribution in [2.45, 2.75) is 27.3 Å². The third kappa shape index (κ3) is 3.20. The van der Waals surface area contributed by atoms with Crippen LogP contribution in [0.4, 0.5) is 0 Å². The van der Waals surface area contributed by atoms with E-state index in [-0.39, 0.29) is 0 Å². The molecule has 3 heterocycles. The highest BCUT2D eigenvalue weighted by Gasteiger charge is 2.06. The second kappa shape index (κ2) is 7.08. The smallest absolute Gasteiger partial charge is 0.160 e. The van der Waals surface area contributed by atoms with Gasteiger partial charge in [-0.3, -0.25) is 9.08 Å². The van der Waals surface area contributed by atoms with E-state index in [2.05, 4.69) is 39.8 Å². The summed E-state index contributed by atoms with van der Waals surface area (Å²) in [5.74, 6) is 0.883. The van der Waals surface area contributed by atoms with Crippen LogP contribution in [-0.2, 0) is 6.54 Å². The molecule has 0 atom stereocenters. The van der Waals surface area contributed by atoms with E-state index in [1.807, 2.05) is 66.4 Å². The molecule has 0 spiro atoms. The highest BCUT2D eigenvalue weighted by Crippen LogP contribution is 2.20. The summed E-state index contributed by atoms with van der Waals surface area (Å²) in [5.41, 5.74) is 4.29.